The van der Waals surface area contributed by atoms with E-state index in [2.05, 4.69) is 29.9 Å². The molecule has 3 saturated heterocycles. The predicted molar refractivity (Wildman–Crippen MR) is 141 cm³/mol. The van der Waals surface area contributed by atoms with Crippen LogP contribution >= 0.6 is 15.6 Å². The van der Waals surface area contributed by atoms with Gasteiger partial charge in [0.2, 0.25) is 0 Å². The molecular weight excluding hydrogens is 634 g/mol. The van der Waals surface area contributed by atoms with Crippen LogP contribution in [0.4, 0.5) is 11.6 Å². The van der Waals surface area contributed by atoms with Gasteiger partial charge in [-0.3, -0.25) is 27.2 Å². The zero-order chi connectivity index (χ0) is 31.0. The third-order valence-corrected chi connectivity index (χ3v) is 9.36. The van der Waals surface area contributed by atoms with Crippen molar-refractivity contribution < 1.29 is 56.7 Å². The SMILES string of the molecule is Nc1ncnc2c1ncn2[C@@H]1OC[C@H]2OP(=O)(O)OC3[C@H](COP(=O)(O)OC2C1O)OCC3(O)n1cnc2c(N)ncnc21. The van der Waals surface area contributed by atoms with E-state index >= 15 is 0 Å². The van der Waals surface area contributed by atoms with Crippen molar-refractivity contribution in [1.82, 2.24) is 39.0 Å². The van der Waals surface area contributed by atoms with Gasteiger partial charge in [0.1, 0.15) is 54.2 Å². The average molecular weight is 658 g/mol. The number of hydrogen-bond acceptors (Lipinski definition) is 18. The number of phosphoric acid groups is 2. The molecule has 236 valence electrons. The van der Waals surface area contributed by atoms with Crippen LogP contribution in [0, 0.1) is 0 Å². The van der Waals surface area contributed by atoms with E-state index in [1.54, 1.807) is 0 Å². The lowest BCUT2D eigenvalue weighted by molar-refractivity contribution is -0.204. The summed E-state index contributed by atoms with van der Waals surface area (Å²) in [6.45, 7) is -1.92. The second-order valence-corrected chi connectivity index (χ2v) is 12.8. The van der Waals surface area contributed by atoms with E-state index in [9.17, 15) is 29.1 Å². The van der Waals surface area contributed by atoms with Crippen LogP contribution in [0.15, 0.2) is 25.3 Å². The van der Waals surface area contributed by atoms with Crippen molar-refractivity contribution in [3.05, 3.63) is 25.3 Å². The standard InChI is InChI=1S/C20H24N10O12P2/c21-15-10-17(25-4-23-15)29(6-27-10)19-12(31)13-8(1-37-19)40-44(35,36)42-14-9(2-39-43(33,34)41-13)38-3-20(14,32)30-7-28-11-16(22)24-5-26-18(11)30/h4-9,12-14,19,31-32H,1-3H2,(H,33,34)(H,35,36)(H2,21,23,25)(H2,22,24,26)/t8-,9+,12?,13?,14?,19-,20?/m1/s1. The summed E-state index contributed by atoms with van der Waals surface area (Å²) in [6.07, 6.45) is -5.21. The van der Waals surface area contributed by atoms with Gasteiger partial charge in [0.15, 0.2) is 34.9 Å². The lowest BCUT2D eigenvalue weighted by Gasteiger charge is -2.40. The molecule has 0 spiro atoms. The van der Waals surface area contributed by atoms with E-state index < -0.39 is 77.9 Å². The highest BCUT2D eigenvalue weighted by molar-refractivity contribution is 7.47. The van der Waals surface area contributed by atoms with E-state index in [4.69, 9.17) is 39.0 Å². The average Bonchev–Trinajstić information content (AvgIpc) is 3.67. The minimum atomic E-state index is -5.21. The number of nitrogen functional groups attached to an aromatic ring is 2. The van der Waals surface area contributed by atoms with Crippen molar-refractivity contribution in [2.24, 2.45) is 0 Å². The number of hydrogen-bond donors (Lipinski definition) is 6. The minimum Gasteiger partial charge on any atom is -0.386 e. The second kappa shape index (κ2) is 10.4. The lowest BCUT2D eigenvalue weighted by Crippen LogP contribution is -2.52. The first kappa shape index (κ1) is 29.5. The predicted octanol–water partition coefficient (Wildman–Crippen LogP) is -1.85. The Labute approximate surface area is 244 Å². The second-order valence-electron chi connectivity index (χ2n) is 10.0. The molecule has 3 fully saturated rings. The van der Waals surface area contributed by atoms with Crippen molar-refractivity contribution in [1.29, 1.82) is 0 Å². The largest absolute Gasteiger partial charge is 0.473 e. The number of aliphatic hydroxyl groups excluding tert-OH is 1. The monoisotopic (exact) mass is 658 g/mol. The van der Waals surface area contributed by atoms with E-state index in [1.807, 2.05) is 0 Å². The number of aliphatic hydroxyl groups is 2. The van der Waals surface area contributed by atoms with E-state index in [0.29, 0.717) is 0 Å². The lowest BCUT2D eigenvalue weighted by atomic mass is 10.0. The molecule has 7 heterocycles. The number of imidazole rings is 2. The summed E-state index contributed by atoms with van der Waals surface area (Å²) < 4.78 is 61.3. The van der Waals surface area contributed by atoms with Crippen molar-refractivity contribution in [2.75, 3.05) is 31.3 Å². The summed E-state index contributed by atoms with van der Waals surface area (Å²) in [5.41, 5.74) is 9.88. The van der Waals surface area contributed by atoms with Crippen LogP contribution in [-0.4, -0.2) is 109 Å². The summed E-state index contributed by atoms with van der Waals surface area (Å²) in [5.74, 6) is 0.0410. The molecule has 0 radical (unpaired) electrons. The van der Waals surface area contributed by atoms with Crippen LogP contribution in [0.25, 0.3) is 22.3 Å². The molecule has 3 aliphatic heterocycles. The van der Waals surface area contributed by atoms with E-state index in [-0.39, 0.29) is 34.0 Å². The number of anilines is 2. The summed E-state index contributed by atoms with van der Waals surface area (Å²) >= 11 is 0. The highest BCUT2D eigenvalue weighted by Crippen LogP contribution is 2.55. The van der Waals surface area contributed by atoms with Gasteiger partial charge in [-0.15, -0.1) is 0 Å². The zero-order valence-corrected chi connectivity index (χ0v) is 23.9. The zero-order valence-electron chi connectivity index (χ0n) is 22.1. The number of aromatic nitrogens is 8. The van der Waals surface area contributed by atoms with Gasteiger partial charge in [-0.2, -0.15) is 0 Å². The molecule has 8 N–H and O–H groups in total. The molecule has 7 rings (SSSR count). The first-order valence-corrected chi connectivity index (χ1v) is 15.7. The van der Waals surface area contributed by atoms with Gasteiger partial charge in [0.05, 0.1) is 32.5 Å². The van der Waals surface area contributed by atoms with Crippen molar-refractivity contribution in [3.63, 3.8) is 0 Å². The van der Waals surface area contributed by atoms with Crippen LogP contribution in [-0.2, 0) is 42.4 Å². The maximum absolute atomic E-state index is 13.4. The fraction of sp³-hybridized carbons (Fsp3) is 0.500. The quantitative estimate of drug-likeness (QED) is 0.129. The number of fused-ring (bicyclic) bond motifs is 4. The maximum Gasteiger partial charge on any atom is 0.473 e. The molecule has 0 bridgehead atoms. The molecule has 0 saturated carbocycles. The van der Waals surface area contributed by atoms with E-state index in [0.717, 1.165) is 23.5 Å². The Hall–Kier alpha value is -3.24. The number of ether oxygens (including phenoxy) is 2. The molecule has 44 heavy (non-hydrogen) atoms. The van der Waals surface area contributed by atoms with Gasteiger partial charge < -0.3 is 40.9 Å². The summed E-state index contributed by atoms with van der Waals surface area (Å²) in [5, 5.41) is 23.0. The highest BCUT2D eigenvalue weighted by Gasteiger charge is 2.57. The Bertz CT molecular complexity index is 1840. The highest BCUT2D eigenvalue weighted by atomic mass is 31.2. The fourth-order valence-electron chi connectivity index (χ4n) is 5.31. The molecule has 24 heteroatoms. The third kappa shape index (κ3) is 4.85. The van der Waals surface area contributed by atoms with Crippen LogP contribution in [0.5, 0.6) is 0 Å². The Morgan fingerprint density at radius 3 is 2.27 bits per heavy atom. The Morgan fingerprint density at radius 1 is 0.841 bits per heavy atom. The normalized spacial score (nSPS) is 38.3. The minimum absolute atomic E-state index is 0.00570. The number of nitrogens with zero attached hydrogens (tertiary/aromatic N) is 8. The van der Waals surface area contributed by atoms with Crippen LogP contribution < -0.4 is 11.5 Å². The Kier molecular flexibility index (Phi) is 6.97. The van der Waals surface area contributed by atoms with Crippen molar-refractivity contribution >= 4 is 49.6 Å². The molecule has 6 unspecified atom stereocenters. The van der Waals surface area contributed by atoms with Crippen molar-refractivity contribution in [2.45, 2.75) is 42.5 Å². The molecule has 0 aromatic carbocycles. The number of rotatable bonds is 2. The van der Waals surface area contributed by atoms with Gasteiger partial charge in [0.25, 0.3) is 0 Å². The molecule has 9 atom stereocenters. The summed E-state index contributed by atoms with van der Waals surface area (Å²) in [7, 11) is -10.3. The molecule has 22 nitrogen and oxygen atoms in total. The number of phosphoric ester groups is 2. The third-order valence-electron chi connectivity index (χ3n) is 7.34. The Morgan fingerprint density at radius 2 is 1.52 bits per heavy atom. The smallest absolute Gasteiger partial charge is 0.386 e. The van der Waals surface area contributed by atoms with Gasteiger partial charge in [0, 0.05) is 0 Å². The summed E-state index contributed by atoms with van der Waals surface area (Å²) in [4.78, 5) is 45.5. The molecule has 4 aromatic heterocycles. The van der Waals surface area contributed by atoms with E-state index in [1.165, 1.54) is 10.9 Å². The molecular formula is C20H24N10O12P2. The number of nitrogens with two attached hydrogens (primary N) is 2. The fourth-order valence-corrected chi connectivity index (χ4v) is 7.44. The molecule has 3 aliphatic rings. The topological polar surface area (TPSA) is 310 Å². The van der Waals surface area contributed by atoms with Gasteiger partial charge in [-0.25, -0.2) is 39.0 Å². The molecule has 4 aromatic rings. The van der Waals surface area contributed by atoms with Crippen LogP contribution in [0.2, 0.25) is 0 Å². The molecule has 0 amide bonds. The van der Waals surface area contributed by atoms with Crippen LogP contribution in [0.1, 0.15) is 6.23 Å². The molecule has 0 aliphatic carbocycles. The first-order valence-electron chi connectivity index (χ1n) is 12.7. The van der Waals surface area contributed by atoms with Gasteiger partial charge in [-0.05, 0) is 0 Å². The van der Waals surface area contributed by atoms with Gasteiger partial charge >= 0.3 is 15.6 Å². The van der Waals surface area contributed by atoms with Crippen LogP contribution in [0.3, 0.4) is 0 Å². The summed E-state index contributed by atoms with van der Waals surface area (Å²) in [6, 6.07) is 0. The maximum atomic E-state index is 13.4. The Balaban J connectivity index is 1.22. The first-order chi connectivity index (χ1) is 20.9. The van der Waals surface area contributed by atoms with Gasteiger partial charge in [-0.1, -0.05) is 0 Å². The van der Waals surface area contributed by atoms with Crippen molar-refractivity contribution in [3.8, 4) is 0 Å².